The number of ether oxygens (including phenoxy) is 2. The third kappa shape index (κ3) is 7.55. The smallest absolute Gasteiger partial charge is 0.261 e. The summed E-state index contributed by atoms with van der Waals surface area (Å²) in [6.45, 7) is 9.77. The summed E-state index contributed by atoms with van der Waals surface area (Å²) in [5, 5.41) is 3.00. The lowest BCUT2D eigenvalue weighted by molar-refractivity contribution is -0.143. The molecule has 0 heterocycles. The van der Waals surface area contributed by atoms with Crippen LogP contribution in [0.25, 0.3) is 0 Å². The molecule has 0 bridgehead atoms. The fourth-order valence-electron chi connectivity index (χ4n) is 3.24. The molecule has 2 rings (SSSR count). The van der Waals surface area contributed by atoms with Gasteiger partial charge in [-0.05, 0) is 75.6 Å². The molecule has 0 fully saturated rings. The van der Waals surface area contributed by atoms with E-state index in [0.29, 0.717) is 18.7 Å². The van der Waals surface area contributed by atoms with Crippen molar-refractivity contribution in [2.24, 2.45) is 0 Å². The summed E-state index contributed by atoms with van der Waals surface area (Å²) >= 11 is 3.46. The van der Waals surface area contributed by atoms with E-state index in [4.69, 9.17) is 9.47 Å². The summed E-state index contributed by atoms with van der Waals surface area (Å²) in [7, 11) is 1.61. The van der Waals surface area contributed by atoms with Crippen LogP contribution in [-0.2, 0) is 16.1 Å². The van der Waals surface area contributed by atoms with E-state index in [1.165, 1.54) is 0 Å². The summed E-state index contributed by atoms with van der Waals surface area (Å²) in [5.41, 5.74) is 1.52. The van der Waals surface area contributed by atoms with Gasteiger partial charge in [0, 0.05) is 16.6 Å². The third-order valence-electron chi connectivity index (χ3n) is 4.89. The first-order valence-corrected chi connectivity index (χ1v) is 11.5. The number of halogens is 1. The van der Waals surface area contributed by atoms with Crippen LogP contribution < -0.4 is 14.8 Å². The number of methoxy groups -OCH3 is 1. The molecule has 7 heteroatoms. The second kappa shape index (κ2) is 11.4. The normalized spacial score (nSPS) is 12.1. The van der Waals surface area contributed by atoms with Crippen molar-refractivity contribution in [3.05, 3.63) is 58.1 Å². The zero-order valence-electron chi connectivity index (χ0n) is 19.7. The van der Waals surface area contributed by atoms with Gasteiger partial charge < -0.3 is 19.7 Å². The summed E-state index contributed by atoms with van der Waals surface area (Å²) in [6, 6.07) is 12.4. The van der Waals surface area contributed by atoms with Crippen molar-refractivity contribution in [2.45, 2.75) is 59.2 Å². The third-order valence-corrected chi connectivity index (χ3v) is 5.78. The second-order valence-corrected chi connectivity index (χ2v) is 9.59. The highest BCUT2D eigenvalue weighted by Gasteiger charge is 2.30. The van der Waals surface area contributed by atoms with Gasteiger partial charge in [-0.25, -0.2) is 0 Å². The van der Waals surface area contributed by atoms with Gasteiger partial charge >= 0.3 is 0 Å². The predicted molar refractivity (Wildman–Crippen MR) is 130 cm³/mol. The Kier molecular flexibility index (Phi) is 9.13. The molecular weight excluding hydrogens is 472 g/mol. The number of carbonyl (C=O) groups excluding carboxylic acids is 2. The number of hydrogen-bond donors (Lipinski definition) is 1. The topological polar surface area (TPSA) is 67.9 Å². The number of benzene rings is 2. The Morgan fingerprint density at radius 1 is 1.09 bits per heavy atom. The first-order chi connectivity index (χ1) is 15.0. The Bertz CT molecular complexity index is 923. The standard InChI is InChI=1S/C25H33BrN2O4/c1-7-22(24(30)27-25(3,4)5)28(15-18-8-10-19(31-6)11-9-18)23(29)16-32-20-12-13-21(26)17(2)14-20/h8-14,22H,7,15-16H2,1-6H3,(H,27,30)/t22-/m0/s1. The van der Waals surface area contributed by atoms with Gasteiger partial charge in [0.2, 0.25) is 5.91 Å². The van der Waals surface area contributed by atoms with Gasteiger partial charge in [-0.2, -0.15) is 0 Å². The lowest BCUT2D eigenvalue weighted by Gasteiger charge is -2.33. The fraction of sp³-hybridized carbons (Fsp3) is 0.440. The van der Waals surface area contributed by atoms with Crippen LogP contribution in [0.15, 0.2) is 46.9 Å². The van der Waals surface area contributed by atoms with Crippen molar-refractivity contribution in [3.8, 4) is 11.5 Å². The average molecular weight is 505 g/mol. The first-order valence-electron chi connectivity index (χ1n) is 10.7. The predicted octanol–water partition coefficient (Wildman–Crippen LogP) is 4.87. The Morgan fingerprint density at radius 2 is 1.72 bits per heavy atom. The SMILES string of the molecule is CC[C@@H](C(=O)NC(C)(C)C)N(Cc1ccc(OC)cc1)C(=O)COc1ccc(Br)c(C)c1. The van der Waals surface area contributed by atoms with Gasteiger partial charge in [-0.15, -0.1) is 0 Å². The maximum absolute atomic E-state index is 13.3. The van der Waals surface area contributed by atoms with Crippen molar-refractivity contribution in [1.29, 1.82) is 0 Å². The summed E-state index contributed by atoms with van der Waals surface area (Å²) in [6.07, 6.45) is 0.487. The summed E-state index contributed by atoms with van der Waals surface area (Å²) in [5.74, 6) is 0.910. The average Bonchev–Trinajstić information content (AvgIpc) is 2.73. The molecule has 0 spiro atoms. The van der Waals surface area contributed by atoms with Crippen LogP contribution in [0.2, 0.25) is 0 Å². The molecule has 1 N–H and O–H groups in total. The van der Waals surface area contributed by atoms with Crippen molar-refractivity contribution in [1.82, 2.24) is 10.2 Å². The van der Waals surface area contributed by atoms with E-state index in [1.807, 2.05) is 77.1 Å². The molecule has 1 atom stereocenters. The quantitative estimate of drug-likeness (QED) is 0.528. The lowest BCUT2D eigenvalue weighted by Crippen LogP contribution is -2.54. The van der Waals surface area contributed by atoms with Gasteiger partial charge in [0.15, 0.2) is 6.61 Å². The summed E-state index contributed by atoms with van der Waals surface area (Å²) in [4.78, 5) is 27.9. The Labute approximate surface area is 199 Å². The van der Waals surface area contributed by atoms with Crippen LogP contribution in [0, 0.1) is 6.92 Å². The molecule has 0 saturated heterocycles. The molecule has 0 aliphatic carbocycles. The van der Waals surface area contributed by atoms with Crippen LogP contribution in [0.5, 0.6) is 11.5 Å². The molecule has 2 aromatic rings. The number of nitrogens with zero attached hydrogens (tertiary/aromatic N) is 1. The molecule has 0 aromatic heterocycles. The van der Waals surface area contributed by atoms with Gasteiger partial charge in [-0.3, -0.25) is 9.59 Å². The number of aryl methyl sites for hydroxylation is 1. The van der Waals surface area contributed by atoms with E-state index in [-0.39, 0.29) is 18.4 Å². The molecule has 174 valence electrons. The Hall–Kier alpha value is -2.54. The number of amides is 2. The van der Waals surface area contributed by atoms with Crippen LogP contribution in [0.4, 0.5) is 0 Å². The van der Waals surface area contributed by atoms with Gasteiger partial charge in [0.1, 0.15) is 17.5 Å². The fourth-order valence-corrected chi connectivity index (χ4v) is 3.48. The van der Waals surface area contributed by atoms with E-state index in [2.05, 4.69) is 21.2 Å². The Morgan fingerprint density at radius 3 is 2.25 bits per heavy atom. The van der Waals surface area contributed by atoms with E-state index >= 15 is 0 Å². The molecule has 6 nitrogen and oxygen atoms in total. The van der Waals surface area contributed by atoms with Gasteiger partial charge in [0.05, 0.1) is 7.11 Å². The van der Waals surface area contributed by atoms with E-state index < -0.39 is 11.6 Å². The second-order valence-electron chi connectivity index (χ2n) is 8.73. The number of carbonyl (C=O) groups is 2. The minimum absolute atomic E-state index is 0.156. The van der Waals surface area contributed by atoms with Crippen molar-refractivity contribution in [2.75, 3.05) is 13.7 Å². The van der Waals surface area contributed by atoms with Crippen LogP contribution in [0.1, 0.15) is 45.2 Å². The first kappa shape index (κ1) is 25.7. The highest BCUT2D eigenvalue weighted by Crippen LogP contribution is 2.22. The zero-order chi connectivity index (χ0) is 23.9. The Balaban J connectivity index is 2.24. The number of hydrogen-bond acceptors (Lipinski definition) is 4. The highest BCUT2D eigenvalue weighted by molar-refractivity contribution is 9.10. The molecule has 2 aromatic carbocycles. The molecular formula is C25H33BrN2O4. The number of nitrogens with one attached hydrogen (secondary N) is 1. The molecule has 32 heavy (non-hydrogen) atoms. The minimum Gasteiger partial charge on any atom is -0.497 e. The lowest BCUT2D eigenvalue weighted by atomic mass is 10.1. The maximum Gasteiger partial charge on any atom is 0.261 e. The molecule has 0 radical (unpaired) electrons. The van der Waals surface area contributed by atoms with Crippen molar-refractivity contribution in [3.63, 3.8) is 0 Å². The molecule has 0 saturated carbocycles. The monoisotopic (exact) mass is 504 g/mol. The van der Waals surface area contributed by atoms with Crippen LogP contribution in [0.3, 0.4) is 0 Å². The van der Waals surface area contributed by atoms with Crippen LogP contribution in [-0.4, -0.2) is 42.0 Å². The van der Waals surface area contributed by atoms with Crippen LogP contribution >= 0.6 is 15.9 Å². The zero-order valence-corrected chi connectivity index (χ0v) is 21.3. The van der Waals surface area contributed by atoms with Crippen molar-refractivity contribution < 1.29 is 19.1 Å². The van der Waals surface area contributed by atoms with Crippen molar-refractivity contribution >= 4 is 27.7 Å². The van der Waals surface area contributed by atoms with E-state index in [1.54, 1.807) is 12.0 Å². The molecule has 2 amide bonds. The minimum atomic E-state index is -0.612. The summed E-state index contributed by atoms with van der Waals surface area (Å²) < 4.78 is 12.0. The highest BCUT2D eigenvalue weighted by atomic mass is 79.9. The molecule has 0 aliphatic rings. The largest absolute Gasteiger partial charge is 0.497 e. The van der Waals surface area contributed by atoms with E-state index in [9.17, 15) is 9.59 Å². The maximum atomic E-state index is 13.3. The molecule has 0 unspecified atom stereocenters. The van der Waals surface area contributed by atoms with Gasteiger partial charge in [-0.1, -0.05) is 35.0 Å². The molecule has 0 aliphatic heterocycles. The van der Waals surface area contributed by atoms with E-state index in [0.717, 1.165) is 21.3 Å². The van der Waals surface area contributed by atoms with Gasteiger partial charge in [0.25, 0.3) is 5.91 Å². The number of rotatable bonds is 9.